The molecule has 0 unspecified atom stereocenters. The Morgan fingerprint density at radius 3 is 2.79 bits per heavy atom. The van der Waals surface area contributed by atoms with E-state index in [0.29, 0.717) is 6.04 Å². The molecular formula is C19H26N4O. The number of hydrogen-bond donors (Lipinski definition) is 0. The van der Waals surface area contributed by atoms with Crippen molar-refractivity contribution >= 4 is 0 Å². The Hall–Kier alpha value is -1.85. The maximum Gasteiger partial charge on any atom is 0.123 e. The molecule has 1 fully saturated rings. The van der Waals surface area contributed by atoms with E-state index in [1.165, 1.54) is 37.2 Å². The van der Waals surface area contributed by atoms with Gasteiger partial charge in [-0.3, -0.25) is 9.58 Å². The zero-order valence-corrected chi connectivity index (χ0v) is 14.4. The lowest BCUT2D eigenvalue weighted by Gasteiger charge is -2.36. The molecule has 2 aliphatic rings. The number of para-hydroxylation sites is 1. The summed E-state index contributed by atoms with van der Waals surface area (Å²) in [6.07, 6.45) is 4.62. The Bertz CT molecular complexity index is 678. The molecule has 128 valence electrons. The maximum absolute atomic E-state index is 5.52. The van der Waals surface area contributed by atoms with Gasteiger partial charge in [-0.1, -0.05) is 18.2 Å². The first-order valence-corrected chi connectivity index (χ1v) is 8.92. The van der Waals surface area contributed by atoms with E-state index in [1.807, 2.05) is 18.3 Å². The molecule has 0 saturated carbocycles. The number of likely N-dealkylation sites (tertiary alicyclic amines) is 1. The van der Waals surface area contributed by atoms with Gasteiger partial charge in [-0.15, -0.1) is 0 Å². The van der Waals surface area contributed by atoms with Crippen LogP contribution in [-0.4, -0.2) is 52.9 Å². The van der Waals surface area contributed by atoms with Crippen LogP contribution in [-0.2, 0) is 13.1 Å². The highest BCUT2D eigenvalue weighted by molar-refractivity contribution is 5.33. The molecule has 5 nitrogen and oxygen atoms in total. The summed E-state index contributed by atoms with van der Waals surface area (Å²) in [4.78, 5) is 5.11. The molecule has 0 amide bonds. The predicted octanol–water partition coefficient (Wildman–Crippen LogP) is 2.54. The average Bonchev–Trinajstić information content (AvgIpc) is 3.27. The van der Waals surface area contributed by atoms with Crippen molar-refractivity contribution in [3.63, 3.8) is 0 Å². The van der Waals surface area contributed by atoms with Crippen molar-refractivity contribution in [1.82, 2.24) is 19.6 Å². The summed E-state index contributed by atoms with van der Waals surface area (Å²) in [5.41, 5.74) is 2.58. The monoisotopic (exact) mass is 326 g/mol. The lowest BCUT2D eigenvalue weighted by Crippen LogP contribution is -2.42. The van der Waals surface area contributed by atoms with Crippen LogP contribution < -0.4 is 4.74 Å². The van der Waals surface area contributed by atoms with Crippen molar-refractivity contribution in [2.45, 2.75) is 32.0 Å². The third kappa shape index (κ3) is 3.19. The number of rotatable bonds is 5. The summed E-state index contributed by atoms with van der Waals surface area (Å²) in [7, 11) is 1.75. The van der Waals surface area contributed by atoms with Crippen LogP contribution in [0, 0.1) is 0 Å². The maximum atomic E-state index is 5.52. The minimum atomic E-state index is 0.441. The molecule has 3 heterocycles. The summed E-state index contributed by atoms with van der Waals surface area (Å²) in [6.45, 7) is 6.50. The van der Waals surface area contributed by atoms with E-state index in [-0.39, 0.29) is 0 Å². The standard InChI is InChI=1S/C19H26N4O/c1-24-19-7-3-2-6-16(19)12-22-13-17-8-9-20-23(17)18(15-22)14-21-10-4-5-11-21/h2-3,6-9,18H,4-5,10-15H2,1H3/t18-/m1/s1. The highest BCUT2D eigenvalue weighted by atomic mass is 16.5. The van der Waals surface area contributed by atoms with E-state index >= 15 is 0 Å². The van der Waals surface area contributed by atoms with Crippen molar-refractivity contribution in [2.24, 2.45) is 0 Å². The van der Waals surface area contributed by atoms with Gasteiger partial charge in [0.25, 0.3) is 0 Å². The van der Waals surface area contributed by atoms with Crippen LogP contribution in [0.5, 0.6) is 5.75 Å². The second-order valence-corrected chi connectivity index (χ2v) is 6.91. The van der Waals surface area contributed by atoms with Gasteiger partial charge in [-0.05, 0) is 38.1 Å². The predicted molar refractivity (Wildman–Crippen MR) is 94.0 cm³/mol. The normalized spacial score (nSPS) is 21.8. The van der Waals surface area contributed by atoms with Gasteiger partial charge in [0, 0.05) is 37.9 Å². The van der Waals surface area contributed by atoms with E-state index in [0.717, 1.165) is 31.9 Å². The summed E-state index contributed by atoms with van der Waals surface area (Å²) in [5.74, 6) is 0.979. The van der Waals surface area contributed by atoms with Crippen LogP contribution in [0.2, 0.25) is 0 Å². The number of nitrogens with zero attached hydrogens (tertiary/aromatic N) is 4. The molecule has 0 bridgehead atoms. The Morgan fingerprint density at radius 2 is 1.96 bits per heavy atom. The Balaban J connectivity index is 1.51. The lowest BCUT2D eigenvalue weighted by molar-refractivity contribution is 0.138. The Labute approximate surface area is 143 Å². The first kappa shape index (κ1) is 15.7. The van der Waals surface area contributed by atoms with Gasteiger partial charge in [-0.2, -0.15) is 5.10 Å². The van der Waals surface area contributed by atoms with Crippen LogP contribution in [0.15, 0.2) is 36.5 Å². The molecule has 5 heteroatoms. The fourth-order valence-corrected chi connectivity index (χ4v) is 4.06. The molecular weight excluding hydrogens is 300 g/mol. The molecule has 0 N–H and O–H groups in total. The summed E-state index contributed by atoms with van der Waals surface area (Å²) < 4.78 is 7.77. The topological polar surface area (TPSA) is 33.5 Å². The highest BCUT2D eigenvalue weighted by Gasteiger charge is 2.28. The van der Waals surface area contributed by atoms with E-state index < -0.39 is 0 Å². The van der Waals surface area contributed by atoms with Crippen molar-refractivity contribution in [1.29, 1.82) is 0 Å². The molecule has 24 heavy (non-hydrogen) atoms. The average molecular weight is 326 g/mol. The molecule has 1 aromatic carbocycles. The molecule has 2 aliphatic heterocycles. The van der Waals surface area contributed by atoms with Gasteiger partial charge in [0.05, 0.1) is 18.8 Å². The molecule has 1 atom stereocenters. The lowest BCUT2D eigenvalue weighted by atomic mass is 10.1. The number of benzene rings is 1. The summed E-state index contributed by atoms with van der Waals surface area (Å²) in [6, 6.07) is 10.9. The molecule has 4 rings (SSSR count). The molecule has 1 aromatic heterocycles. The number of fused-ring (bicyclic) bond motifs is 1. The molecule has 2 aromatic rings. The quantitative estimate of drug-likeness (QED) is 0.845. The zero-order chi connectivity index (χ0) is 16.4. The Morgan fingerprint density at radius 1 is 1.12 bits per heavy atom. The second kappa shape index (κ2) is 6.95. The molecule has 0 aliphatic carbocycles. The van der Waals surface area contributed by atoms with Crippen LogP contribution >= 0.6 is 0 Å². The highest BCUT2D eigenvalue weighted by Crippen LogP contribution is 2.26. The molecule has 1 saturated heterocycles. The van der Waals surface area contributed by atoms with Gasteiger partial charge in [0.15, 0.2) is 0 Å². The van der Waals surface area contributed by atoms with Gasteiger partial charge in [-0.25, -0.2) is 0 Å². The van der Waals surface area contributed by atoms with Crippen LogP contribution in [0.3, 0.4) is 0 Å². The van der Waals surface area contributed by atoms with E-state index in [4.69, 9.17) is 4.74 Å². The Kier molecular flexibility index (Phi) is 4.54. The van der Waals surface area contributed by atoms with Crippen LogP contribution in [0.4, 0.5) is 0 Å². The summed E-state index contributed by atoms with van der Waals surface area (Å²) in [5, 5.41) is 4.59. The van der Waals surface area contributed by atoms with E-state index in [9.17, 15) is 0 Å². The fraction of sp³-hybridized carbons (Fsp3) is 0.526. The largest absolute Gasteiger partial charge is 0.496 e. The van der Waals surface area contributed by atoms with Gasteiger partial charge in [0.2, 0.25) is 0 Å². The first-order chi connectivity index (χ1) is 11.8. The SMILES string of the molecule is COc1ccccc1CN1Cc2ccnn2[C@H](CN2CCCC2)C1. The smallest absolute Gasteiger partial charge is 0.123 e. The van der Waals surface area contributed by atoms with Crippen LogP contribution in [0.25, 0.3) is 0 Å². The van der Waals surface area contributed by atoms with Crippen molar-refractivity contribution in [3.05, 3.63) is 47.8 Å². The minimum absolute atomic E-state index is 0.441. The number of ether oxygens (including phenoxy) is 1. The fourth-order valence-electron chi connectivity index (χ4n) is 4.06. The second-order valence-electron chi connectivity index (χ2n) is 6.91. The minimum Gasteiger partial charge on any atom is -0.496 e. The number of aromatic nitrogens is 2. The van der Waals surface area contributed by atoms with E-state index in [1.54, 1.807) is 7.11 Å². The van der Waals surface area contributed by atoms with Gasteiger partial charge in [0.1, 0.15) is 5.75 Å². The van der Waals surface area contributed by atoms with Crippen LogP contribution in [0.1, 0.15) is 30.1 Å². The number of hydrogen-bond acceptors (Lipinski definition) is 4. The van der Waals surface area contributed by atoms with Crippen molar-refractivity contribution in [3.8, 4) is 5.75 Å². The molecule has 0 radical (unpaired) electrons. The third-order valence-electron chi connectivity index (χ3n) is 5.21. The first-order valence-electron chi connectivity index (χ1n) is 8.92. The zero-order valence-electron chi connectivity index (χ0n) is 14.4. The van der Waals surface area contributed by atoms with Crippen molar-refractivity contribution < 1.29 is 4.74 Å². The van der Waals surface area contributed by atoms with Gasteiger partial charge < -0.3 is 9.64 Å². The molecule has 0 spiro atoms. The van der Waals surface area contributed by atoms with Gasteiger partial charge >= 0.3 is 0 Å². The van der Waals surface area contributed by atoms with Crippen molar-refractivity contribution in [2.75, 3.05) is 33.3 Å². The summed E-state index contributed by atoms with van der Waals surface area (Å²) >= 11 is 0. The third-order valence-corrected chi connectivity index (χ3v) is 5.21. The van der Waals surface area contributed by atoms with E-state index in [2.05, 4.69) is 37.8 Å². The number of methoxy groups -OCH3 is 1.